The van der Waals surface area contributed by atoms with Crippen molar-refractivity contribution < 1.29 is 9.53 Å². The largest absolute Gasteiger partial charge is 0.489 e. The molecule has 4 aliphatic carbocycles. The van der Waals surface area contributed by atoms with Gasteiger partial charge in [0.15, 0.2) is 0 Å². The smallest absolute Gasteiger partial charge is 0.231 e. The molecule has 7 rings (SSSR count). The fraction of sp³-hybridized carbons (Fsp3) is 0.640. The lowest BCUT2D eigenvalue weighted by molar-refractivity contribution is -0.191. The molecule has 1 amide bonds. The van der Waals surface area contributed by atoms with E-state index in [2.05, 4.69) is 49.1 Å². The summed E-state index contributed by atoms with van der Waals surface area (Å²) in [5, 5.41) is 0. The Hall–Kier alpha value is -1.77. The van der Waals surface area contributed by atoms with Gasteiger partial charge in [-0.1, -0.05) is 24.3 Å². The number of carbonyl (C=O) groups is 1. The molecule has 1 saturated heterocycles. The molecule has 4 saturated carbocycles. The molecule has 28 heavy (non-hydrogen) atoms. The molecule has 2 heterocycles. The van der Waals surface area contributed by atoms with Crippen LogP contribution in [0.4, 0.5) is 0 Å². The summed E-state index contributed by atoms with van der Waals surface area (Å²) in [6.07, 6.45) is 12.1. The minimum atomic E-state index is -0.314. The molecule has 1 aromatic carbocycles. The third-order valence-electron chi connectivity index (χ3n) is 8.49. The zero-order chi connectivity index (χ0) is 19.0. The van der Waals surface area contributed by atoms with Crippen molar-refractivity contribution in [3.8, 4) is 5.75 Å². The molecule has 1 unspecified atom stereocenters. The number of carbonyl (C=O) groups excluding carboxylic acids is 1. The molecule has 1 aromatic rings. The lowest BCUT2D eigenvalue weighted by Gasteiger charge is -2.64. The lowest BCUT2D eigenvalue weighted by atomic mass is 9.52. The summed E-state index contributed by atoms with van der Waals surface area (Å²) in [6, 6.07) is 7.36. The average Bonchev–Trinajstić information content (AvgIpc) is 2.90. The maximum atomic E-state index is 13.3. The van der Waals surface area contributed by atoms with E-state index in [0.29, 0.717) is 18.6 Å². The summed E-state index contributed by atoms with van der Waals surface area (Å²) in [5.41, 5.74) is 2.20. The highest BCUT2D eigenvalue weighted by molar-refractivity contribution is 5.90. The highest BCUT2D eigenvalue weighted by atomic mass is 16.5. The Morgan fingerprint density at radius 1 is 1.00 bits per heavy atom. The topological polar surface area (TPSA) is 29.5 Å². The van der Waals surface area contributed by atoms with Crippen LogP contribution in [0, 0.1) is 29.1 Å². The quantitative estimate of drug-likeness (QED) is 0.541. The van der Waals surface area contributed by atoms with Gasteiger partial charge in [-0.2, -0.15) is 0 Å². The second-order valence-corrected chi connectivity index (χ2v) is 10.6. The standard InChI is InChI=1S/C25H31NO2/c1-25(2)23(18-7-6-17-5-3-4-8-28-21(17)14-18)26(24(25)27)22-19-10-15-9-16(12-19)13-20(22)11-15/h3-4,6-7,14-16,19-20,22-23H,5,8-13H2,1-2H3. The minimum absolute atomic E-state index is 0.188. The van der Waals surface area contributed by atoms with E-state index in [1.807, 2.05) is 0 Å². The van der Waals surface area contributed by atoms with E-state index in [4.69, 9.17) is 4.74 Å². The van der Waals surface area contributed by atoms with Crippen LogP contribution in [-0.4, -0.2) is 23.5 Å². The summed E-state index contributed by atoms with van der Waals surface area (Å²) in [7, 11) is 0. The molecule has 2 aliphatic heterocycles. The number of hydrogen-bond donors (Lipinski definition) is 0. The van der Waals surface area contributed by atoms with E-state index >= 15 is 0 Å². The van der Waals surface area contributed by atoms with Crippen LogP contribution >= 0.6 is 0 Å². The van der Waals surface area contributed by atoms with Gasteiger partial charge in [0.05, 0.1) is 11.5 Å². The third kappa shape index (κ3) is 2.31. The van der Waals surface area contributed by atoms with Gasteiger partial charge in [0.2, 0.25) is 5.91 Å². The van der Waals surface area contributed by atoms with Gasteiger partial charge in [-0.05, 0) is 93.2 Å². The highest BCUT2D eigenvalue weighted by Gasteiger charge is 2.62. The van der Waals surface area contributed by atoms with Crippen molar-refractivity contribution in [3.63, 3.8) is 0 Å². The van der Waals surface area contributed by atoms with Gasteiger partial charge < -0.3 is 9.64 Å². The first-order chi connectivity index (χ1) is 13.5. The van der Waals surface area contributed by atoms with E-state index in [0.717, 1.165) is 35.8 Å². The van der Waals surface area contributed by atoms with Crippen molar-refractivity contribution in [1.82, 2.24) is 4.90 Å². The first kappa shape index (κ1) is 17.1. The number of β-lactam (4-membered cyclic amide) rings is 1. The molecular weight excluding hydrogens is 346 g/mol. The Morgan fingerprint density at radius 2 is 1.71 bits per heavy atom. The summed E-state index contributed by atoms with van der Waals surface area (Å²) >= 11 is 0. The van der Waals surface area contributed by atoms with Crippen LogP contribution in [0.2, 0.25) is 0 Å². The Kier molecular flexibility index (Phi) is 3.59. The van der Waals surface area contributed by atoms with Crippen LogP contribution in [0.15, 0.2) is 30.4 Å². The predicted molar refractivity (Wildman–Crippen MR) is 109 cm³/mol. The molecule has 0 N–H and O–H groups in total. The second kappa shape index (κ2) is 5.87. The van der Waals surface area contributed by atoms with E-state index in [-0.39, 0.29) is 11.5 Å². The van der Waals surface area contributed by atoms with E-state index in [1.54, 1.807) is 0 Å². The number of ether oxygens (including phenoxy) is 1. The maximum Gasteiger partial charge on any atom is 0.231 e. The number of allylic oxidation sites excluding steroid dienone is 1. The van der Waals surface area contributed by atoms with E-state index in [1.165, 1.54) is 43.2 Å². The van der Waals surface area contributed by atoms with Crippen LogP contribution in [0.1, 0.15) is 63.1 Å². The summed E-state index contributed by atoms with van der Waals surface area (Å²) < 4.78 is 5.99. The summed E-state index contributed by atoms with van der Waals surface area (Å²) in [4.78, 5) is 15.6. The van der Waals surface area contributed by atoms with Gasteiger partial charge in [0.25, 0.3) is 0 Å². The monoisotopic (exact) mass is 377 g/mol. The van der Waals surface area contributed by atoms with Crippen LogP contribution in [0.3, 0.4) is 0 Å². The Labute approximate surface area is 168 Å². The number of likely N-dealkylation sites (tertiary alicyclic amines) is 1. The first-order valence-corrected chi connectivity index (χ1v) is 11.3. The zero-order valence-corrected chi connectivity index (χ0v) is 17.1. The normalized spacial score (nSPS) is 39.9. The molecule has 0 aromatic heterocycles. The molecular formula is C25H31NO2. The number of hydrogen-bond acceptors (Lipinski definition) is 2. The Balaban J connectivity index is 1.35. The molecule has 4 bridgehead atoms. The first-order valence-electron chi connectivity index (χ1n) is 11.3. The minimum Gasteiger partial charge on any atom is -0.489 e. The summed E-state index contributed by atoms with van der Waals surface area (Å²) in [5.74, 6) is 4.72. The van der Waals surface area contributed by atoms with Crippen LogP contribution < -0.4 is 4.74 Å². The van der Waals surface area contributed by atoms with Gasteiger partial charge in [0, 0.05) is 6.04 Å². The SMILES string of the molecule is CC1(C)C(=O)N(C2C3CC4CC(C3)CC2C4)C1c1ccc2c(c1)OCC=CC2. The van der Waals surface area contributed by atoms with Gasteiger partial charge in [-0.3, -0.25) is 4.79 Å². The Morgan fingerprint density at radius 3 is 2.43 bits per heavy atom. The van der Waals surface area contributed by atoms with Crippen molar-refractivity contribution in [2.45, 2.75) is 64.5 Å². The molecule has 1 atom stereocenters. The predicted octanol–water partition coefficient (Wildman–Crippen LogP) is 4.91. The van der Waals surface area contributed by atoms with Crippen LogP contribution in [0.5, 0.6) is 5.75 Å². The zero-order valence-electron chi connectivity index (χ0n) is 17.1. The van der Waals surface area contributed by atoms with E-state index < -0.39 is 0 Å². The maximum absolute atomic E-state index is 13.3. The summed E-state index contributed by atoms with van der Waals surface area (Å²) in [6.45, 7) is 4.92. The number of amides is 1. The second-order valence-electron chi connectivity index (χ2n) is 10.6. The number of nitrogens with zero attached hydrogens (tertiary/aromatic N) is 1. The van der Waals surface area contributed by atoms with Crippen molar-refractivity contribution in [2.75, 3.05) is 6.61 Å². The van der Waals surface area contributed by atoms with Crippen LogP contribution in [0.25, 0.3) is 0 Å². The Bertz CT molecular complexity index is 826. The number of benzene rings is 1. The molecule has 6 aliphatic rings. The van der Waals surface area contributed by atoms with Gasteiger partial charge in [-0.25, -0.2) is 0 Å². The molecule has 5 fully saturated rings. The van der Waals surface area contributed by atoms with E-state index in [9.17, 15) is 4.79 Å². The molecule has 148 valence electrons. The molecule has 0 radical (unpaired) electrons. The van der Waals surface area contributed by atoms with Crippen molar-refractivity contribution in [2.24, 2.45) is 29.1 Å². The van der Waals surface area contributed by atoms with Crippen molar-refractivity contribution in [3.05, 3.63) is 41.5 Å². The highest BCUT2D eigenvalue weighted by Crippen LogP contribution is 2.60. The van der Waals surface area contributed by atoms with Crippen LogP contribution in [-0.2, 0) is 11.2 Å². The van der Waals surface area contributed by atoms with Gasteiger partial charge in [0.1, 0.15) is 12.4 Å². The van der Waals surface area contributed by atoms with Gasteiger partial charge >= 0.3 is 0 Å². The number of rotatable bonds is 2. The average molecular weight is 378 g/mol. The fourth-order valence-electron chi connectivity index (χ4n) is 7.54. The molecule has 3 nitrogen and oxygen atoms in total. The number of fused-ring (bicyclic) bond motifs is 1. The molecule has 3 heteroatoms. The fourth-order valence-corrected chi connectivity index (χ4v) is 7.54. The molecule has 0 spiro atoms. The van der Waals surface area contributed by atoms with Crippen molar-refractivity contribution >= 4 is 5.91 Å². The van der Waals surface area contributed by atoms with Gasteiger partial charge in [-0.15, -0.1) is 0 Å². The lowest BCUT2D eigenvalue weighted by Crippen LogP contribution is -2.69. The third-order valence-corrected chi connectivity index (χ3v) is 8.49. The van der Waals surface area contributed by atoms with Crippen molar-refractivity contribution in [1.29, 1.82) is 0 Å².